The van der Waals surface area contributed by atoms with Crippen LogP contribution in [-0.4, -0.2) is 69.4 Å². The zero-order valence-electron chi connectivity index (χ0n) is 20.6. The molecule has 3 aromatic rings. The Bertz CT molecular complexity index is 1420. The molecule has 14 heteroatoms. The third-order valence-corrected chi connectivity index (χ3v) is 6.79. The van der Waals surface area contributed by atoms with Crippen molar-refractivity contribution in [3.8, 4) is 23.0 Å². The maximum absolute atomic E-state index is 13.4. The van der Waals surface area contributed by atoms with Crippen molar-refractivity contribution in [3.63, 3.8) is 0 Å². The third kappa shape index (κ3) is 6.15. The minimum Gasteiger partial charge on any atom is -0.494 e. The summed E-state index contributed by atoms with van der Waals surface area (Å²) in [4.78, 5) is 31.6. The second kappa shape index (κ2) is 11.1. The summed E-state index contributed by atoms with van der Waals surface area (Å²) in [5, 5.41) is 8.45. The summed E-state index contributed by atoms with van der Waals surface area (Å²) < 4.78 is 41.3. The van der Waals surface area contributed by atoms with Crippen LogP contribution in [0.25, 0.3) is 11.4 Å². The third-order valence-electron chi connectivity index (χ3n) is 5.51. The lowest BCUT2D eigenvalue weighted by atomic mass is 10.1. The Morgan fingerprint density at radius 3 is 2.68 bits per heavy atom. The number of aryl methyl sites for hydroxylation is 1. The van der Waals surface area contributed by atoms with Crippen molar-refractivity contribution >= 4 is 21.6 Å². The molecule has 0 bridgehead atoms. The molecule has 3 heterocycles. The van der Waals surface area contributed by atoms with E-state index in [1.165, 1.54) is 19.4 Å². The molecule has 4 rings (SSSR count). The highest BCUT2D eigenvalue weighted by atomic mass is 32.2. The number of halogens is 1. The minimum atomic E-state index is -3.84. The van der Waals surface area contributed by atoms with Gasteiger partial charge in [-0.2, -0.15) is 4.98 Å². The monoisotopic (exact) mass is 530 g/mol. The topological polar surface area (TPSA) is 158 Å². The van der Waals surface area contributed by atoms with Gasteiger partial charge in [0, 0.05) is 24.5 Å². The van der Waals surface area contributed by atoms with Crippen molar-refractivity contribution in [2.45, 2.75) is 24.3 Å². The first-order valence-electron chi connectivity index (χ1n) is 11.3. The van der Waals surface area contributed by atoms with Gasteiger partial charge in [0.1, 0.15) is 6.61 Å². The molecule has 1 unspecified atom stereocenters. The Morgan fingerprint density at radius 2 is 1.97 bits per heavy atom. The molecular formula is C23H27FN8O4S. The van der Waals surface area contributed by atoms with Gasteiger partial charge < -0.3 is 19.7 Å². The summed E-state index contributed by atoms with van der Waals surface area (Å²) in [7, 11) is 1.31. The number of carbonyl (C=O) groups is 1. The van der Waals surface area contributed by atoms with Crippen LogP contribution in [0, 0.1) is 5.82 Å². The molecule has 0 saturated carbocycles. The predicted molar refractivity (Wildman–Crippen MR) is 134 cm³/mol. The molecule has 0 spiro atoms. The summed E-state index contributed by atoms with van der Waals surface area (Å²) >= 11 is 0. The standard InChI is InChI=1S/C23H27FN8O4S/c1-32(2)9-10-36-19-8-7-18(35-3)22(29-19)37(25,34)31-23(33)30-20-15-5-4-6-17(15)26-13-16(20)21-27-11-14(24)12-28-21/h7-8,11-13H,4-6,9-10H2,1-3H3,(H3,25,26,30,31,33,34). The fourth-order valence-corrected chi connectivity index (χ4v) is 4.80. The van der Waals surface area contributed by atoms with E-state index in [1.54, 1.807) is 6.07 Å². The second-order valence-electron chi connectivity index (χ2n) is 8.45. The average Bonchev–Trinajstić information content (AvgIpc) is 3.34. The van der Waals surface area contributed by atoms with Crippen LogP contribution in [0.2, 0.25) is 0 Å². The number of rotatable bonds is 8. The molecule has 1 aliphatic rings. The zero-order chi connectivity index (χ0) is 26.6. The normalized spacial score (nSPS) is 14.1. The maximum Gasteiger partial charge on any atom is 0.354 e. The molecule has 3 aromatic heterocycles. The lowest BCUT2D eigenvalue weighted by Crippen LogP contribution is -2.22. The average molecular weight is 531 g/mol. The molecule has 1 aliphatic carbocycles. The highest BCUT2D eigenvalue weighted by Gasteiger charge is 2.24. The number of nitrogens with two attached hydrogens (primary N) is 1. The highest BCUT2D eigenvalue weighted by Crippen LogP contribution is 2.35. The zero-order valence-corrected chi connectivity index (χ0v) is 21.4. The van der Waals surface area contributed by atoms with Gasteiger partial charge in [0.25, 0.3) is 0 Å². The SMILES string of the molecule is COc1ccc(OCCN(C)C)nc1S(N)(=O)=NC(=O)Nc1c(-c2ncc(F)cn2)cnc2c1CCC2. The van der Waals surface area contributed by atoms with Crippen LogP contribution in [0.5, 0.6) is 11.6 Å². The van der Waals surface area contributed by atoms with Gasteiger partial charge in [-0.05, 0) is 45.0 Å². The Morgan fingerprint density at radius 1 is 1.22 bits per heavy atom. The number of hydrogen-bond donors (Lipinski definition) is 2. The van der Waals surface area contributed by atoms with E-state index in [0.717, 1.165) is 36.5 Å². The van der Waals surface area contributed by atoms with Gasteiger partial charge >= 0.3 is 6.03 Å². The number of methoxy groups -OCH3 is 1. The smallest absolute Gasteiger partial charge is 0.354 e. The van der Waals surface area contributed by atoms with E-state index in [9.17, 15) is 13.4 Å². The Labute approximate surface area is 213 Å². The molecule has 37 heavy (non-hydrogen) atoms. The van der Waals surface area contributed by atoms with Gasteiger partial charge in [-0.25, -0.2) is 28.5 Å². The van der Waals surface area contributed by atoms with Crippen molar-refractivity contribution in [1.82, 2.24) is 24.8 Å². The van der Waals surface area contributed by atoms with Crippen LogP contribution in [0.4, 0.5) is 14.9 Å². The predicted octanol–water partition coefficient (Wildman–Crippen LogP) is 2.44. The summed E-state index contributed by atoms with van der Waals surface area (Å²) in [5.74, 6) is -0.183. The van der Waals surface area contributed by atoms with Gasteiger partial charge in [0.05, 0.1) is 30.8 Å². The second-order valence-corrected chi connectivity index (χ2v) is 10.2. The molecule has 3 N–H and O–H groups in total. The number of nitrogens with zero attached hydrogens (tertiary/aromatic N) is 6. The van der Waals surface area contributed by atoms with E-state index in [2.05, 4.69) is 29.6 Å². The molecule has 1 atom stereocenters. The van der Waals surface area contributed by atoms with E-state index >= 15 is 0 Å². The summed E-state index contributed by atoms with van der Waals surface area (Å²) in [5.41, 5.74) is 2.32. The first-order chi connectivity index (χ1) is 17.7. The first kappa shape index (κ1) is 26.3. The van der Waals surface area contributed by atoms with Gasteiger partial charge in [-0.3, -0.25) is 4.98 Å². The van der Waals surface area contributed by atoms with Crippen LogP contribution in [0.1, 0.15) is 17.7 Å². The maximum atomic E-state index is 13.4. The van der Waals surface area contributed by atoms with Crippen LogP contribution >= 0.6 is 0 Å². The molecule has 0 aliphatic heterocycles. The number of hydrogen-bond acceptors (Lipinski definition) is 9. The van der Waals surface area contributed by atoms with E-state index in [1.807, 2.05) is 19.0 Å². The highest BCUT2D eigenvalue weighted by molar-refractivity contribution is 7.91. The molecule has 2 amide bonds. The van der Waals surface area contributed by atoms with E-state index < -0.39 is 21.8 Å². The summed E-state index contributed by atoms with van der Waals surface area (Å²) in [6.45, 7) is 0.959. The molecule has 0 radical (unpaired) electrons. The summed E-state index contributed by atoms with van der Waals surface area (Å²) in [6.07, 6.45) is 5.76. The van der Waals surface area contributed by atoms with Crippen molar-refractivity contribution in [1.29, 1.82) is 0 Å². The quantitative estimate of drug-likeness (QED) is 0.446. The van der Waals surface area contributed by atoms with Crippen molar-refractivity contribution in [3.05, 3.63) is 47.8 Å². The van der Waals surface area contributed by atoms with E-state index in [0.29, 0.717) is 30.8 Å². The number of ether oxygens (including phenoxy) is 2. The number of fused-ring (bicyclic) bond motifs is 1. The molecule has 12 nitrogen and oxygen atoms in total. The van der Waals surface area contributed by atoms with Crippen LogP contribution in [-0.2, 0) is 22.8 Å². The van der Waals surface area contributed by atoms with Crippen molar-refractivity contribution < 1.29 is 22.9 Å². The number of amides is 2. The molecular weight excluding hydrogens is 503 g/mol. The van der Waals surface area contributed by atoms with E-state index in [4.69, 9.17) is 14.6 Å². The fourth-order valence-electron chi connectivity index (χ4n) is 3.76. The van der Waals surface area contributed by atoms with Crippen LogP contribution in [0.3, 0.4) is 0 Å². The number of likely N-dealkylation sites (N-methyl/N-ethyl adjacent to an activating group) is 1. The molecule has 196 valence electrons. The van der Waals surface area contributed by atoms with Crippen LogP contribution < -0.4 is 19.9 Å². The van der Waals surface area contributed by atoms with Crippen LogP contribution in [0.15, 0.2) is 40.1 Å². The number of pyridine rings is 2. The van der Waals surface area contributed by atoms with Crippen molar-refractivity contribution in [2.24, 2.45) is 9.50 Å². The lowest BCUT2D eigenvalue weighted by Gasteiger charge is -2.14. The van der Waals surface area contributed by atoms with Gasteiger partial charge in [-0.15, -0.1) is 4.36 Å². The minimum absolute atomic E-state index is 0.0919. The Hall–Kier alpha value is -3.75. The van der Waals surface area contributed by atoms with Gasteiger partial charge in [-0.1, -0.05) is 0 Å². The van der Waals surface area contributed by atoms with Gasteiger partial charge in [0.15, 0.2) is 32.3 Å². The van der Waals surface area contributed by atoms with E-state index in [-0.39, 0.29) is 22.5 Å². The Kier molecular flexibility index (Phi) is 7.90. The van der Waals surface area contributed by atoms with Crippen molar-refractivity contribution in [2.75, 3.05) is 39.7 Å². The fraction of sp³-hybridized carbons (Fsp3) is 0.348. The first-order valence-corrected chi connectivity index (χ1v) is 12.9. The largest absolute Gasteiger partial charge is 0.494 e. The number of anilines is 1. The Balaban J connectivity index is 1.67. The number of carbonyl (C=O) groups excluding carboxylic acids is 1. The number of aromatic nitrogens is 4. The van der Waals surface area contributed by atoms with Gasteiger partial charge in [0.2, 0.25) is 5.88 Å². The number of urea groups is 1. The summed E-state index contributed by atoms with van der Waals surface area (Å²) in [6, 6.07) is 2.06. The molecule has 0 fully saturated rings. The lowest BCUT2D eigenvalue weighted by molar-refractivity contribution is 0.251. The molecule has 0 aromatic carbocycles. The molecule has 0 saturated heterocycles. The number of nitrogens with one attached hydrogen (secondary N) is 1.